The summed E-state index contributed by atoms with van der Waals surface area (Å²) >= 11 is 10.7. The zero-order valence-electron chi connectivity index (χ0n) is 6.90. The van der Waals surface area contributed by atoms with E-state index in [1.807, 2.05) is 0 Å². The van der Waals surface area contributed by atoms with E-state index in [2.05, 4.69) is 0 Å². The molecule has 0 aliphatic heterocycles. The summed E-state index contributed by atoms with van der Waals surface area (Å²) in [6.45, 7) is 0. The molecule has 0 spiro atoms. The molecule has 15 heavy (non-hydrogen) atoms. The van der Waals surface area contributed by atoms with E-state index in [0.29, 0.717) is 6.07 Å². The van der Waals surface area contributed by atoms with Crippen LogP contribution in [0.15, 0.2) is 12.1 Å². The van der Waals surface area contributed by atoms with Gasteiger partial charge in [-0.1, -0.05) is 23.2 Å². The highest BCUT2D eigenvalue weighted by Crippen LogP contribution is 2.38. The van der Waals surface area contributed by atoms with Gasteiger partial charge >= 0.3 is 12.1 Å². The Hall–Kier alpha value is -0.940. The third-order valence-electron chi connectivity index (χ3n) is 1.57. The molecule has 0 fully saturated rings. The van der Waals surface area contributed by atoms with E-state index in [4.69, 9.17) is 28.3 Å². The zero-order valence-corrected chi connectivity index (χ0v) is 8.41. The molecule has 1 rings (SSSR count). The van der Waals surface area contributed by atoms with Gasteiger partial charge in [-0.05, 0) is 12.1 Å². The van der Waals surface area contributed by atoms with Crippen LogP contribution in [0.25, 0.3) is 0 Å². The molecule has 0 amide bonds. The summed E-state index contributed by atoms with van der Waals surface area (Å²) in [6, 6.07) is 1.44. The normalized spacial score (nSPS) is 11.5. The summed E-state index contributed by atoms with van der Waals surface area (Å²) in [4.78, 5) is 10.5. The summed E-state index contributed by atoms with van der Waals surface area (Å²) in [5, 5.41) is 7.38. The van der Waals surface area contributed by atoms with Crippen molar-refractivity contribution < 1.29 is 23.1 Å². The van der Waals surface area contributed by atoms with Crippen molar-refractivity contribution in [2.24, 2.45) is 0 Å². The second-order valence-electron chi connectivity index (χ2n) is 2.62. The summed E-state index contributed by atoms with van der Waals surface area (Å²) in [7, 11) is 0. The molecule has 0 saturated heterocycles. The number of hydrogen-bond acceptors (Lipinski definition) is 1. The summed E-state index contributed by atoms with van der Waals surface area (Å²) in [6.07, 6.45) is -4.73. The van der Waals surface area contributed by atoms with Crippen molar-refractivity contribution in [1.29, 1.82) is 0 Å². The molecule has 82 valence electrons. The van der Waals surface area contributed by atoms with Crippen molar-refractivity contribution in [3.05, 3.63) is 33.3 Å². The Bertz CT molecular complexity index is 415. The van der Waals surface area contributed by atoms with Crippen molar-refractivity contribution in [2.75, 3.05) is 0 Å². The fraction of sp³-hybridized carbons (Fsp3) is 0.125. The van der Waals surface area contributed by atoms with Gasteiger partial charge in [-0.2, -0.15) is 13.2 Å². The first-order valence-electron chi connectivity index (χ1n) is 3.53. The van der Waals surface area contributed by atoms with Crippen LogP contribution in [0, 0.1) is 0 Å². The van der Waals surface area contributed by atoms with E-state index in [0.717, 1.165) is 6.07 Å². The molecule has 7 heteroatoms. The Morgan fingerprint density at radius 3 is 2.20 bits per heavy atom. The predicted octanol–water partition coefficient (Wildman–Crippen LogP) is 3.71. The van der Waals surface area contributed by atoms with Gasteiger partial charge in [0.05, 0.1) is 16.1 Å². The van der Waals surface area contributed by atoms with Gasteiger partial charge in [-0.25, -0.2) is 4.79 Å². The predicted molar refractivity (Wildman–Crippen MR) is 48.4 cm³/mol. The lowest BCUT2D eigenvalue weighted by molar-refractivity contribution is -0.137. The molecule has 0 radical (unpaired) electrons. The topological polar surface area (TPSA) is 37.3 Å². The fourth-order valence-electron chi connectivity index (χ4n) is 0.951. The van der Waals surface area contributed by atoms with Crippen molar-refractivity contribution in [1.82, 2.24) is 0 Å². The number of alkyl halides is 3. The number of rotatable bonds is 1. The lowest BCUT2D eigenvalue weighted by atomic mass is 10.1. The van der Waals surface area contributed by atoms with Crippen LogP contribution in [-0.2, 0) is 6.18 Å². The first-order chi connectivity index (χ1) is 6.73. The summed E-state index contributed by atoms with van der Waals surface area (Å²) < 4.78 is 37.0. The number of carbonyl (C=O) groups is 1. The Kier molecular flexibility index (Phi) is 3.16. The molecule has 0 aliphatic rings. The Morgan fingerprint density at radius 2 is 1.80 bits per heavy atom. The maximum absolute atomic E-state index is 12.3. The molecule has 2 nitrogen and oxygen atoms in total. The second-order valence-corrected chi connectivity index (χ2v) is 3.43. The van der Waals surface area contributed by atoms with Crippen LogP contribution in [0.3, 0.4) is 0 Å². The van der Waals surface area contributed by atoms with Gasteiger partial charge in [0, 0.05) is 5.02 Å². The van der Waals surface area contributed by atoms with Crippen LogP contribution in [-0.4, -0.2) is 11.1 Å². The Morgan fingerprint density at radius 1 is 1.27 bits per heavy atom. The highest BCUT2D eigenvalue weighted by Gasteiger charge is 2.35. The van der Waals surface area contributed by atoms with E-state index in [1.54, 1.807) is 0 Å². The summed E-state index contributed by atoms with van der Waals surface area (Å²) in [5.74, 6) is -1.56. The van der Waals surface area contributed by atoms with Crippen molar-refractivity contribution in [3.8, 4) is 0 Å². The average Bonchev–Trinajstić information content (AvgIpc) is 2.06. The first kappa shape index (κ1) is 12.1. The molecule has 0 saturated carbocycles. The molecular weight excluding hydrogens is 256 g/mol. The third-order valence-corrected chi connectivity index (χ3v) is 2.20. The van der Waals surface area contributed by atoms with Gasteiger partial charge in [0.1, 0.15) is 0 Å². The van der Waals surface area contributed by atoms with E-state index in [1.165, 1.54) is 0 Å². The van der Waals surface area contributed by atoms with Gasteiger partial charge in [-0.15, -0.1) is 0 Å². The first-order valence-corrected chi connectivity index (χ1v) is 4.28. The van der Waals surface area contributed by atoms with Gasteiger partial charge in [0.2, 0.25) is 0 Å². The second kappa shape index (κ2) is 3.90. The molecule has 0 atom stereocenters. The van der Waals surface area contributed by atoms with E-state index in [-0.39, 0.29) is 5.02 Å². The van der Waals surface area contributed by atoms with Crippen LogP contribution < -0.4 is 0 Å². The van der Waals surface area contributed by atoms with Crippen molar-refractivity contribution in [3.63, 3.8) is 0 Å². The molecular formula is C8H3Cl2F3O2. The maximum atomic E-state index is 12.3. The number of carboxylic acid groups (broad SMARTS) is 1. The smallest absolute Gasteiger partial charge is 0.417 e. The highest BCUT2D eigenvalue weighted by atomic mass is 35.5. The quantitative estimate of drug-likeness (QED) is 0.834. The van der Waals surface area contributed by atoms with E-state index >= 15 is 0 Å². The third kappa shape index (κ3) is 2.54. The molecule has 0 bridgehead atoms. The molecule has 1 aromatic rings. The van der Waals surface area contributed by atoms with Crippen LogP contribution in [0.2, 0.25) is 10.0 Å². The minimum Gasteiger partial charge on any atom is -0.478 e. The summed E-state index contributed by atoms with van der Waals surface area (Å²) in [5.41, 5.74) is -1.93. The highest BCUT2D eigenvalue weighted by molar-refractivity contribution is 6.36. The molecule has 1 N–H and O–H groups in total. The molecule has 1 aromatic carbocycles. The Labute approximate surface area is 92.2 Å². The molecule has 0 unspecified atom stereocenters. The van der Waals surface area contributed by atoms with Gasteiger partial charge in [0.15, 0.2) is 0 Å². The molecule has 0 aromatic heterocycles. The molecule has 0 heterocycles. The lowest BCUT2D eigenvalue weighted by Crippen LogP contribution is -2.09. The van der Waals surface area contributed by atoms with Gasteiger partial charge in [0.25, 0.3) is 0 Å². The maximum Gasteiger partial charge on any atom is 0.417 e. The number of halogens is 5. The largest absolute Gasteiger partial charge is 0.478 e. The van der Waals surface area contributed by atoms with E-state index in [9.17, 15) is 18.0 Å². The fourth-order valence-corrected chi connectivity index (χ4v) is 1.47. The monoisotopic (exact) mass is 258 g/mol. The van der Waals surface area contributed by atoms with Gasteiger partial charge < -0.3 is 5.11 Å². The lowest BCUT2D eigenvalue weighted by Gasteiger charge is -2.11. The van der Waals surface area contributed by atoms with Crippen molar-refractivity contribution in [2.45, 2.75) is 6.18 Å². The minimum absolute atomic E-state index is 0.330. The van der Waals surface area contributed by atoms with E-state index < -0.39 is 28.3 Å². The minimum atomic E-state index is -4.73. The Balaban J connectivity index is 3.49. The average molecular weight is 259 g/mol. The standard InChI is InChI=1S/C8H3Cl2F3O2/c9-3-1-4(7(14)15)6(10)5(2-3)8(11,12)13/h1-2H,(H,14,15). The molecule has 0 aliphatic carbocycles. The number of aromatic carboxylic acids is 1. The van der Waals surface area contributed by atoms with Crippen molar-refractivity contribution >= 4 is 29.2 Å². The van der Waals surface area contributed by atoms with Crippen LogP contribution in [0.4, 0.5) is 13.2 Å². The van der Waals surface area contributed by atoms with Crippen LogP contribution >= 0.6 is 23.2 Å². The van der Waals surface area contributed by atoms with Crippen LogP contribution in [0.1, 0.15) is 15.9 Å². The number of benzene rings is 1. The van der Waals surface area contributed by atoms with Crippen LogP contribution in [0.5, 0.6) is 0 Å². The number of hydrogen-bond donors (Lipinski definition) is 1. The zero-order chi connectivity index (χ0) is 11.8. The number of carboxylic acids is 1. The van der Waals surface area contributed by atoms with Gasteiger partial charge in [-0.3, -0.25) is 0 Å². The SMILES string of the molecule is O=C(O)c1cc(Cl)cc(C(F)(F)F)c1Cl.